The van der Waals surface area contributed by atoms with Gasteiger partial charge >= 0.3 is 0 Å². The van der Waals surface area contributed by atoms with Crippen molar-refractivity contribution < 1.29 is 4.79 Å². The molecule has 0 unspecified atom stereocenters. The van der Waals surface area contributed by atoms with E-state index >= 15 is 0 Å². The molecule has 0 aliphatic rings. The topological polar surface area (TPSA) is 43.1 Å². The number of carbonyl (C=O) groups excluding carboxylic acids is 1. The maximum absolute atomic E-state index is 10.6. The highest BCUT2D eigenvalue weighted by atomic mass is 32.2. The van der Waals surface area contributed by atoms with Crippen LogP contribution in [-0.4, -0.2) is 5.12 Å². The van der Waals surface area contributed by atoms with Crippen LogP contribution < -0.4 is 5.73 Å². The van der Waals surface area contributed by atoms with E-state index in [0.29, 0.717) is 5.69 Å². The van der Waals surface area contributed by atoms with E-state index in [0.717, 1.165) is 4.90 Å². The fraction of sp³-hybridized carbons (Fsp3) is 0.125. The minimum Gasteiger partial charge on any atom is -0.399 e. The number of hydrogen-bond donors (Lipinski definition) is 1. The van der Waals surface area contributed by atoms with Gasteiger partial charge in [0.2, 0.25) is 0 Å². The van der Waals surface area contributed by atoms with Gasteiger partial charge in [-0.25, -0.2) is 0 Å². The summed E-state index contributed by atoms with van der Waals surface area (Å²) in [5.41, 5.74) is 6.20. The van der Waals surface area contributed by atoms with Crippen LogP contribution in [0.3, 0.4) is 0 Å². The van der Waals surface area contributed by atoms with Crippen molar-refractivity contribution >= 4 is 22.6 Å². The lowest BCUT2D eigenvalue weighted by atomic mass is 10.3. The molecule has 0 amide bonds. The van der Waals surface area contributed by atoms with Crippen molar-refractivity contribution in [1.29, 1.82) is 0 Å². The molecule has 0 aliphatic carbocycles. The van der Waals surface area contributed by atoms with Crippen LogP contribution in [0.2, 0.25) is 0 Å². The summed E-state index contributed by atoms with van der Waals surface area (Å²) in [6.45, 7) is 1.54. The summed E-state index contributed by atoms with van der Waals surface area (Å²) in [5, 5.41) is 0.0793. The molecule has 0 spiro atoms. The van der Waals surface area contributed by atoms with Gasteiger partial charge in [0.25, 0.3) is 0 Å². The largest absolute Gasteiger partial charge is 0.399 e. The maximum Gasteiger partial charge on any atom is 0.190 e. The molecule has 1 aromatic rings. The molecular formula is C8H9NOS. The van der Waals surface area contributed by atoms with E-state index in [1.807, 2.05) is 12.1 Å². The lowest BCUT2D eigenvalue weighted by Crippen LogP contribution is -1.85. The van der Waals surface area contributed by atoms with Gasteiger partial charge in [0.05, 0.1) is 0 Å². The Bertz CT molecular complexity index is 273. The van der Waals surface area contributed by atoms with Gasteiger partial charge in [-0.3, -0.25) is 4.79 Å². The van der Waals surface area contributed by atoms with Gasteiger partial charge in [0.1, 0.15) is 0 Å². The molecule has 0 atom stereocenters. The standard InChI is InChI=1S/C8H9NOS/c1-6(10)11-8-4-2-3-7(9)5-8/h2-5H,9H2,1H3. The number of anilines is 1. The second-order valence-electron chi connectivity index (χ2n) is 2.17. The summed E-state index contributed by atoms with van der Waals surface area (Å²) in [5.74, 6) is 0. The van der Waals surface area contributed by atoms with Gasteiger partial charge in [-0.2, -0.15) is 0 Å². The Morgan fingerprint density at radius 3 is 2.82 bits per heavy atom. The summed E-state index contributed by atoms with van der Waals surface area (Å²) in [4.78, 5) is 11.5. The molecule has 0 saturated heterocycles. The molecule has 0 heterocycles. The van der Waals surface area contributed by atoms with Crippen molar-refractivity contribution in [2.75, 3.05) is 5.73 Å². The minimum absolute atomic E-state index is 0.0793. The Kier molecular flexibility index (Phi) is 2.54. The van der Waals surface area contributed by atoms with Crippen LogP contribution in [0.1, 0.15) is 6.92 Å². The number of nitrogen functional groups attached to an aromatic ring is 1. The van der Waals surface area contributed by atoms with Gasteiger partial charge in [-0.15, -0.1) is 0 Å². The first kappa shape index (κ1) is 8.14. The normalized spacial score (nSPS) is 9.55. The van der Waals surface area contributed by atoms with E-state index in [4.69, 9.17) is 5.73 Å². The summed E-state index contributed by atoms with van der Waals surface area (Å²) < 4.78 is 0. The third kappa shape index (κ3) is 2.63. The van der Waals surface area contributed by atoms with E-state index in [2.05, 4.69) is 0 Å². The Morgan fingerprint density at radius 2 is 2.27 bits per heavy atom. The van der Waals surface area contributed by atoms with Crippen molar-refractivity contribution in [3.8, 4) is 0 Å². The lowest BCUT2D eigenvalue weighted by molar-refractivity contribution is -0.109. The van der Waals surface area contributed by atoms with Crippen LogP contribution in [0.4, 0.5) is 5.69 Å². The van der Waals surface area contributed by atoms with Crippen molar-refractivity contribution in [3.05, 3.63) is 24.3 Å². The zero-order valence-electron chi connectivity index (χ0n) is 6.20. The number of hydrogen-bond acceptors (Lipinski definition) is 3. The zero-order chi connectivity index (χ0) is 8.27. The van der Waals surface area contributed by atoms with Crippen LogP contribution in [0, 0.1) is 0 Å². The Labute approximate surface area is 69.8 Å². The smallest absolute Gasteiger partial charge is 0.190 e. The third-order valence-corrected chi connectivity index (χ3v) is 1.90. The molecule has 0 fully saturated rings. The van der Waals surface area contributed by atoms with E-state index in [1.54, 1.807) is 12.1 Å². The monoisotopic (exact) mass is 167 g/mol. The predicted molar refractivity (Wildman–Crippen MR) is 47.4 cm³/mol. The van der Waals surface area contributed by atoms with Crippen LogP contribution in [-0.2, 0) is 4.79 Å². The Morgan fingerprint density at radius 1 is 1.55 bits per heavy atom. The molecule has 11 heavy (non-hydrogen) atoms. The van der Waals surface area contributed by atoms with Gasteiger partial charge in [-0.05, 0) is 18.2 Å². The average Bonchev–Trinajstić information content (AvgIpc) is 1.85. The fourth-order valence-corrected chi connectivity index (χ4v) is 1.42. The maximum atomic E-state index is 10.6. The fourth-order valence-electron chi connectivity index (χ4n) is 0.744. The number of carbonyl (C=O) groups is 1. The van der Waals surface area contributed by atoms with Crippen molar-refractivity contribution in [2.24, 2.45) is 0 Å². The molecule has 0 bridgehead atoms. The molecule has 0 saturated carbocycles. The lowest BCUT2D eigenvalue weighted by Gasteiger charge is -1.97. The second kappa shape index (κ2) is 3.44. The van der Waals surface area contributed by atoms with Gasteiger partial charge in [0, 0.05) is 17.5 Å². The quantitative estimate of drug-likeness (QED) is 0.513. The first-order chi connectivity index (χ1) is 5.18. The predicted octanol–water partition coefficient (Wildman–Crippen LogP) is 1.91. The molecule has 2 nitrogen and oxygen atoms in total. The number of rotatable bonds is 1. The summed E-state index contributed by atoms with van der Waals surface area (Å²) in [6, 6.07) is 7.28. The van der Waals surface area contributed by atoms with Crippen molar-refractivity contribution in [2.45, 2.75) is 11.8 Å². The molecular weight excluding hydrogens is 158 g/mol. The minimum atomic E-state index is 0.0793. The number of nitrogens with two attached hydrogens (primary N) is 1. The van der Waals surface area contributed by atoms with Gasteiger partial charge in [-0.1, -0.05) is 17.8 Å². The Balaban J connectivity index is 2.79. The Hall–Kier alpha value is -0.960. The highest BCUT2D eigenvalue weighted by molar-refractivity contribution is 8.13. The number of thioether (sulfide) groups is 1. The van der Waals surface area contributed by atoms with Crippen LogP contribution in [0.15, 0.2) is 29.2 Å². The van der Waals surface area contributed by atoms with Crippen LogP contribution in [0.5, 0.6) is 0 Å². The first-order valence-corrected chi connectivity index (χ1v) is 4.04. The summed E-state index contributed by atoms with van der Waals surface area (Å²) in [7, 11) is 0. The van der Waals surface area contributed by atoms with Crippen LogP contribution in [0.25, 0.3) is 0 Å². The van der Waals surface area contributed by atoms with Crippen molar-refractivity contribution in [3.63, 3.8) is 0 Å². The molecule has 1 rings (SSSR count). The molecule has 1 aromatic carbocycles. The highest BCUT2D eigenvalue weighted by Crippen LogP contribution is 2.20. The molecule has 58 valence electrons. The first-order valence-electron chi connectivity index (χ1n) is 3.22. The molecule has 2 N–H and O–H groups in total. The molecule has 3 heteroatoms. The average molecular weight is 167 g/mol. The van der Waals surface area contributed by atoms with E-state index in [-0.39, 0.29) is 5.12 Å². The third-order valence-electron chi connectivity index (χ3n) is 1.12. The van der Waals surface area contributed by atoms with Crippen LogP contribution >= 0.6 is 11.8 Å². The van der Waals surface area contributed by atoms with E-state index in [9.17, 15) is 4.79 Å². The van der Waals surface area contributed by atoms with Gasteiger partial charge in [0.15, 0.2) is 5.12 Å². The zero-order valence-corrected chi connectivity index (χ0v) is 7.02. The second-order valence-corrected chi connectivity index (χ2v) is 3.42. The molecule has 0 aromatic heterocycles. The molecule has 0 radical (unpaired) electrons. The van der Waals surface area contributed by atoms with Crippen molar-refractivity contribution in [1.82, 2.24) is 0 Å². The number of benzene rings is 1. The summed E-state index contributed by atoms with van der Waals surface area (Å²) >= 11 is 1.19. The molecule has 0 aliphatic heterocycles. The summed E-state index contributed by atoms with van der Waals surface area (Å²) in [6.07, 6.45) is 0. The highest BCUT2D eigenvalue weighted by Gasteiger charge is 1.96. The van der Waals surface area contributed by atoms with E-state index < -0.39 is 0 Å². The van der Waals surface area contributed by atoms with Gasteiger partial charge < -0.3 is 5.73 Å². The van der Waals surface area contributed by atoms with E-state index in [1.165, 1.54) is 18.7 Å². The SMILES string of the molecule is CC(=O)Sc1cccc(N)c1.